The topological polar surface area (TPSA) is 55.8 Å². The summed E-state index contributed by atoms with van der Waals surface area (Å²) in [5.41, 5.74) is 0. The van der Waals surface area contributed by atoms with E-state index < -0.39 is 0 Å². The van der Waals surface area contributed by atoms with E-state index in [9.17, 15) is 9.59 Å². The van der Waals surface area contributed by atoms with E-state index in [1.54, 1.807) is 29.2 Å². The first-order valence-electron chi connectivity index (χ1n) is 6.84. The summed E-state index contributed by atoms with van der Waals surface area (Å²) >= 11 is 5.85. The molecule has 0 radical (unpaired) electrons. The molecule has 1 atom stereocenters. The van der Waals surface area contributed by atoms with E-state index in [2.05, 4.69) is 0 Å². The Morgan fingerprint density at radius 2 is 2.24 bits per heavy atom. The molecule has 6 heteroatoms. The van der Waals surface area contributed by atoms with Gasteiger partial charge in [0.05, 0.1) is 13.0 Å². The summed E-state index contributed by atoms with van der Waals surface area (Å²) in [6.07, 6.45) is 1.55. The number of methoxy groups -OCH3 is 1. The predicted octanol–water partition coefficient (Wildman–Crippen LogP) is 2.13. The zero-order chi connectivity index (χ0) is 15.2. The molecule has 0 aromatic heterocycles. The number of esters is 1. The van der Waals surface area contributed by atoms with E-state index in [0.29, 0.717) is 23.9 Å². The summed E-state index contributed by atoms with van der Waals surface area (Å²) < 4.78 is 10.2. The van der Waals surface area contributed by atoms with Gasteiger partial charge in [-0.25, -0.2) is 0 Å². The normalized spacial score (nSPS) is 18.2. The van der Waals surface area contributed by atoms with Gasteiger partial charge in [-0.05, 0) is 31.0 Å². The zero-order valence-corrected chi connectivity index (χ0v) is 12.6. The molecule has 0 bridgehead atoms. The first-order valence-corrected chi connectivity index (χ1v) is 7.22. The Morgan fingerprint density at radius 3 is 2.95 bits per heavy atom. The van der Waals surface area contributed by atoms with Gasteiger partial charge in [-0.15, -0.1) is 0 Å². The Kier molecular flexibility index (Phi) is 5.44. The highest BCUT2D eigenvalue weighted by Crippen LogP contribution is 2.19. The van der Waals surface area contributed by atoms with Crippen molar-refractivity contribution in [3.8, 4) is 5.75 Å². The molecular formula is C15H18ClNO4. The number of ether oxygens (including phenoxy) is 2. The molecule has 1 aliphatic heterocycles. The van der Waals surface area contributed by atoms with Crippen LogP contribution in [0.4, 0.5) is 0 Å². The number of hydrogen-bond acceptors (Lipinski definition) is 4. The number of nitrogens with zero attached hydrogens (tertiary/aromatic N) is 1. The van der Waals surface area contributed by atoms with Crippen LogP contribution in [-0.4, -0.2) is 43.6 Å². The number of hydrogen-bond donors (Lipinski definition) is 0. The van der Waals surface area contributed by atoms with Crippen molar-refractivity contribution in [1.29, 1.82) is 0 Å². The van der Waals surface area contributed by atoms with Crippen molar-refractivity contribution in [3.05, 3.63) is 29.3 Å². The highest BCUT2D eigenvalue weighted by atomic mass is 35.5. The van der Waals surface area contributed by atoms with E-state index >= 15 is 0 Å². The molecule has 1 saturated heterocycles. The van der Waals surface area contributed by atoms with Crippen molar-refractivity contribution in [2.45, 2.75) is 12.8 Å². The third-order valence-corrected chi connectivity index (χ3v) is 3.70. The zero-order valence-electron chi connectivity index (χ0n) is 11.9. The maximum Gasteiger partial charge on any atom is 0.310 e. The second kappa shape index (κ2) is 7.31. The van der Waals surface area contributed by atoms with Crippen LogP contribution in [0.15, 0.2) is 24.3 Å². The number of carbonyl (C=O) groups excluding carboxylic acids is 2. The Labute approximate surface area is 128 Å². The number of rotatable bonds is 4. The minimum Gasteiger partial charge on any atom is -0.484 e. The number of carbonyl (C=O) groups is 2. The highest BCUT2D eigenvalue weighted by Gasteiger charge is 2.29. The predicted molar refractivity (Wildman–Crippen MR) is 78.3 cm³/mol. The summed E-state index contributed by atoms with van der Waals surface area (Å²) in [6.45, 7) is 0.976. The Morgan fingerprint density at radius 1 is 1.43 bits per heavy atom. The van der Waals surface area contributed by atoms with Crippen LogP contribution in [0.3, 0.4) is 0 Å². The van der Waals surface area contributed by atoms with Crippen molar-refractivity contribution < 1.29 is 19.1 Å². The van der Waals surface area contributed by atoms with Gasteiger partial charge in [-0.3, -0.25) is 9.59 Å². The van der Waals surface area contributed by atoms with Crippen molar-refractivity contribution in [2.75, 3.05) is 26.8 Å². The van der Waals surface area contributed by atoms with E-state index in [1.165, 1.54) is 7.11 Å². The first-order chi connectivity index (χ1) is 10.1. The summed E-state index contributed by atoms with van der Waals surface area (Å²) in [4.78, 5) is 25.3. The smallest absolute Gasteiger partial charge is 0.310 e. The molecule has 0 aliphatic carbocycles. The Bertz CT molecular complexity index is 520. The van der Waals surface area contributed by atoms with E-state index in [4.69, 9.17) is 21.1 Å². The van der Waals surface area contributed by atoms with Gasteiger partial charge in [0.25, 0.3) is 5.91 Å². The Hall–Kier alpha value is -1.75. The van der Waals surface area contributed by atoms with Gasteiger partial charge in [0.15, 0.2) is 6.61 Å². The molecule has 1 amide bonds. The van der Waals surface area contributed by atoms with Crippen LogP contribution in [0.1, 0.15) is 12.8 Å². The second-order valence-corrected chi connectivity index (χ2v) is 5.38. The lowest BCUT2D eigenvalue weighted by atomic mass is 9.98. The van der Waals surface area contributed by atoms with Crippen LogP contribution in [0.25, 0.3) is 0 Å². The van der Waals surface area contributed by atoms with Crippen LogP contribution < -0.4 is 4.74 Å². The van der Waals surface area contributed by atoms with Crippen LogP contribution in [0.5, 0.6) is 5.75 Å². The van der Waals surface area contributed by atoms with Crippen molar-refractivity contribution >= 4 is 23.5 Å². The highest BCUT2D eigenvalue weighted by molar-refractivity contribution is 6.30. The third-order valence-electron chi connectivity index (χ3n) is 3.47. The minimum atomic E-state index is -0.261. The minimum absolute atomic E-state index is 0.0613. The van der Waals surface area contributed by atoms with Crippen LogP contribution in [0, 0.1) is 5.92 Å². The average molecular weight is 312 g/mol. The monoisotopic (exact) mass is 311 g/mol. The van der Waals surface area contributed by atoms with Gasteiger partial charge in [0, 0.05) is 18.1 Å². The quantitative estimate of drug-likeness (QED) is 0.799. The lowest BCUT2D eigenvalue weighted by molar-refractivity contribution is -0.149. The van der Waals surface area contributed by atoms with Gasteiger partial charge < -0.3 is 14.4 Å². The van der Waals surface area contributed by atoms with Crippen LogP contribution in [0.2, 0.25) is 5.02 Å². The number of likely N-dealkylation sites (tertiary alicyclic amines) is 1. The lowest BCUT2D eigenvalue weighted by Crippen LogP contribution is -2.44. The molecular weight excluding hydrogens is 294 g/mol. The molecule has 2 rings (SSSR count). The molecule has 0 saturated carbocycles. The molecule has 114 valence electrons. The number of halogens is 1. The average Bonchev–Trinajstić information content (AvgIpc) is 2.52. The van der Waals surface area contributed by atoms with Gasteiger partial charge in [-0.2, -0.15) is 0 Å². The van der Waals surface area contributed by atoms with Gasteiger partial charge >= 0.3 is 5.97 Å². The van der Waals surface area contributed by atoms with E-state index in [1.807, 2.05) is 0 Å². The van der Waals surface area contributed by atoms with Crippen LogP contribution >= 0.6 is 11.6 Å². The molecule has 1 heterocycles. The van der Waals surface area contributed by atoms with E-state index in [0.717, 1.165) is 12.8 Å². The number of benzene rings is 1. The van der Waals surface area contributed by atoms with Gasteiger partial charge in [-0.1, -0.05) is 17.7 Å². The summed E-state index contributed by atoms with van der Waals surface area (Å²) in [5.74, 6) is -0.0805. The van der Waals surface area contributed by atoms with Crippen molar-refractivity contribution in [1.82, 2.24) is 4.90 Å². The summed E-state index contributed by atoms with van der Waals surface area (Å²) in [6, 6.07) is 6.90. The van der Waals surface area contributed by atoms with Crippen molar-refractivity contribution in [3.63, 3.8) is 0 Å². The molecule has 5 nitrogen and oxygen atoms in total. The molecule has 1 unspecified atom stereocenters. The third kappa shape index (κ3) is 4.36. The molecule has 0 N–H and O–H groups in total. The maximum absolute atomic E-state index is 12.1. The molecule has 1 aromatic carbocycles. The fourth-order valence-electron chi connectivity index (χ4n) is 2.36. The molecule has 21 heavy (non-hydrogen) atoms. The van der Waals surface area contributed by atoms with E-state index in [-0.39, 0.29) is 24.4 Å². The van der Waals surface area contributed by atoms with Gasteiger partial charge in [0.1, 0.15) is 5.75 Å². The Balaban J connectivity index is 1.86. The standard InChI is InChI=1S/C15H18ClNO4/c1-20-15(19)11-4-3-7-17(9-11)14(18)10-21-13-6-2-5-12(16)8-13/h2,5-6,8,11H,3-4,7,9-10H2,1H3. The molecule has 1 aliphatic rings. The molecule has 1 aromatic rings. The number of piperidine rings is 1. The number of amides is 1. The van der Waals surface area contributed by atoms with Crippen LogP contribution in [-0.2, 0) is 14.3 Å². The maximum atomic E-state index is 12.1. The first kappa shape index (κ1) is 15.6. The SMILES string of the molecule is COC(=O)C1CCCN(C(=O)COc2cccc(Cl)c2)C1. The van der Waals surface area contributed by atoms with Crippen molar-refractivity contribution in [2.24, 2.45) is 5.92 Å². The van der Waals surface area contributed by atoms with Gasteiger partial charge in [0.2, 0.25) is 0 Å². The fourth-order valence-corrected chi connectivity index (χ4v) is 2.54. The summed E-state index contributed by atoms with van der Waals surface area (Å²) in [7, 11) is 1.37. The molecule has 0 spiro atoms. The largest absolute Gasteiger partial charge is 0.484 e. The fraction of sp³-hybridized carbons (Fsp3) is 0.467. The molecule has 1 fully saturated rings. The summed E-state index contributed by atoms with van der Waals surface area (Å²) in [5, 5.41) is 0.559. The second-order valence-electron chi connectivity index (χ2n) is 4.95. The lowest BCUT2D eigenvalue weighted by Gasteiger charge is -2.31.